The lowest BCUT2D eigenvalue weighted by Gasteiger charge is -2.38. The summed E-state index contributed by atoms with van der Waals surface area (Å²) in [6.45, 7) is 1.98. The fourth-order valence-electron chi connectivity index (χ4n) is 2.83. The van der Waals surface area contributed by atoms with Crippen molar-refractivity contribution in [2.75, 3.05) is 25.0 Å². The average Bonchev–Trinajstić information content (AvgIpc) is 2.61. The Labute approximate surface area is 145 Å². The highest BCUT2D eigenvalue weighted by Gasteiger charge is 2.31. The second kappa shape index (κ2) is 6.76. The van der Waals surface area contributed by atoms with Crippen LogP contribution < -0.4 is 10.1 Å². The fourth-order valence-corrected chi connectivity index (χ4v) is 2.83. The monoisotopic (exact) mass is 334 g/mol. The molecule has 1 fully saturated rings. The van der Waals surface area contributed by atoms with Gasteiger partial charge in [-0.1, -0.05) is 6.07 Å². The second-order valence-corrected chi connectivity index (χ2v) is 6.11. The summed E-state index contributed by atoms with van der Waals surface area (Å²) < 4.78 is 5.86. The highest BCUT2D eigenvalue weighted by molar-refractivity contribution is 5.89. The molecule has 1 saturated heterocycles. The van der Waals surface area contributed by atoms with Crippen molar-refractivity contribution in [2.24, 2.45) is 5.92 Å². The van der Waals surface area contributed by atoms with Crippen LogP contribution in [0.4, 0.5) is 10.5 Å². The van der Waals surface area contributed by atoms with Crippen LogP contribution in [0.2, 0.25) is 0 Å². The minimum atomic E-state index is -0.0980. The Morgan fingerprint density at radius 1 is 1.20 bits per heavy atom. The van der Waals surface area contributed by atoms with Crippen LogP contribution in [0.1, 0.15) is 0 Å². The maximum atomic E-state index is 12.1. The summed E-state index contributed by atoms with van der Waals surface area (Å²) in [6.07, 6.45) is 5.08. The molecule has 3 heterocycles. The van der Waals surface area contributed by atoms with Gasteiger partial charge >= 0.3 is 6.03 Å². The van der Waals surface area contributed by atoms with E-state index in [0.717, 1.165) is 16.7 Å². The van der Waals surface area contributed by atoms with Crippen molar-refractivity contribution in [1.29, 1.82) is 0 Å². The predicted molar refractivity (Wildman–Crippen MR) is 95.6 cm³/mol. The number of rotatable bonds is 4. The molecule has 25 heavy (non-hydrogen) atoms. The Hall–Kier alpha value is -3.15. The molecule has 6 heteroatoms. The molecule has 3 aromatic rings. The van der Waals surface area contributed by atoms with Gasteiger partial charge in [0.25, 0.3) is 0 Å². The predicted octanol–water partition coefficient (Wildman–Crippen LogP) is 3.17. The van der Waals surface area contributed by atoms with Gasteiger partial charge in [-0.2, -0.15) is 0 Å². The number of fused-ring (bicyclic) bond motifs is 1. The van der Waals surface area contributed by atoms with E-state index in [1.807, 2.05) is 36.4 Å². The SMILES string of the molecule is O=C(Nc1cccnc1)N1CC(COc2ccc3cccnc3c2)C1. The number of amides is 2. The lowest BCUT2D eigenvalue weighted by molar-refractivity contribution is 0.0925. The van der Waals surface area contributed by atoms with Crippen molar-refractivity contribution in [3.8, 4) is 5.75 Å². The van der Waals surface area contributed by atoms with Crippen molar-refractivity contribution in [2.45, 2.75) is 0 Å². The molecule has 126 valence electrons. The summed E-state index contributed by atoms with van der Waals surface area (Å²) in [5, 5.41) is 3.93. The molecule has 1 aliphatic rings. The van der Waals surface area contributed by atoms with Crippen LogP contribution in [0.25, 0.3) is 10.9 Å². The molecule has 1 aliphatic heterocycles. The van der Waals surface area contributed by atoms with Crippen molar-refractivity contribution < 1.29 is 9.53 Å². The highest BCUT2D eigenvalue weighted by atomic mass is 16.5. The first-order chi connectivity index (χ1) is 12.3. The van der Waals surface area contributed by atoms with Gasteiger partial charge in [-0.15, -0.1) is 0 Å². The van der Waals surface area contributed by atoms with Gasteiger partial charge in [-0.25, -0.2) is 4.79 Å². The zero-order chi connectivity index (χ0) is 17.1. The molecular weight excluding hydrogens is 316 g/mol. The standard InChI is InChI=1S/C19H18N4O2/c24-19(22-16-4-2-7-20-10-16)23-11-14(12-23)13-25-17-6-5-15-3-1-8-21-18(15)9-17/h1-10,14H,11-13H2,(H,22,24). The van der Waals surface area contributed by atoms with Crippen molar-refractivity contribution in [3.63, 3.8) is 0 Å². The number of likely N-dealkylation sites (tertiary alicyclic amines) is 1. The first-order valence-corrected chi connectivity index (χ1v) is 8.21. The number of benzene rings is 1. The van der Waals surface area contributed by atoms with Crippen LogP contribution in [0.15, 0.2) is 61.1 Å². The smallest absolute Gasteiger partial charge is 0.321 e. The Morgan fingerprint density at radius 3 is 2.92 bits per heavy atom. The number of aromatic nitrogens is 2. The third kappa shape index (κ3) is 3.52. The Bertz CT molecular complexity index is 879. The molecule has 1 aromatic carbocycles. The van der Waals surface area contributed by atoms with Gasteiger partial charge in [0.1, 0.15) is 5.75 Å². The summed E-state index contributed by atoms with van der Waals surface area (Å²) in [5.74, 6) is 1.16. The quantitative estimate of drug-likeness (QED) is 0.796. The zero-order valence-corrected chi connectivity index (χ0v) is 13.6. The molecule has 0 bridgehead atoms. The molecule has 0 spiro atoms. The minimum absolute atomic E-state index is 0.0980. The Kier molecular flexibility index (Phi) is 4.16. The number of ether oxygens (including phenoxy) is 1. The van der Waals surface area contributed by atoms with Crippen LogP contribution in [-0.2, 0) is 0 Å². The summed E-state index contributed by atoms with van der Waals surface area (Å²) in [5.41, 5.74) is 1.63. The molecule has 0 atom stereocenters. The van der Waals surface area contributed by atoms with E-state index in [2.05, 4.69) is 15.3 Å². The van der Waals surface area contributed by atoms with Gasteiger partial charge in [-0.05, 0) is 30.3 Å². The number of anilines is 1. The van der Waals surface area contributed by atoms with Gasteiger partial charge < -0.3 is 15.0 Å². The molecular formula is C19H18N4O2. The van der Waals surface area contributed by atoms with Crippen molar-refractivity contribution >= 4 is 22.6 Å². The maximum absolute atomic E-state index is 12.1. The molecule has 0 radical (unpaired) electrons. The average molecular weight is 334 g/mol. The van der Waals surface area contributed by atoms with Crippen LogP contribution in [0.5, 0.6) is 5.75 Å². The highest BCUT2D eigenvalue weighted by Crippen LogP contribution is 2.22. The van der Waals surface area contributed by atoms with E-state index in [4.69, 9.17) is 4.74 Å². The number of nitrogens with zero attached hydrogens (tertiary/aromatic N) is 3. The number of carbonyl (C=O) groups is 1. The number of pyridine rings is 2. The summed E-state index contributed by atoms with van der Waals surface area (Å²) in [4.78, 5) is 22.2. The molecule has 1 N–H and O–H groups in total. The number of nitrogens with one attached hydrogen (secondary N) is 1. The molecule has 6 nitrogen and oxygen atoms in total. The van der Waals surface area contributed by atoms with Crippen molar-refractivity contribution in [1.82, 2.24) is 14.9 Å². The Balaban J connectivity index is 1.26. The number of urea groups is 1. The van der Waals surface area contributed by atoms with Crippen molar-refractivity contribution in [3.05, 3.63) is 61.1 Å². The molecule has 2 amide bonds. The van der Waals surface area contributed by atoms with E-state index in [0.29, 0.717) is 31.3 Å². The normalized spacial score (nSPS) is 14.2. The third-order valence-corrected chi connectivity index (χ3v) is 4.22. The first kappa shape index (κ1) is 15.4. The Morgan fingerprint density at radius 2 is 2.08 bits per heavy atom. The maximum Gasteiger partial charge on any atom is 0.321 e. The zero-order valence-electron chi connectivity index (χ0n) is 13.6. The van der Waals surface area contributed by atoms with E-state index >= 15 is 0 Å². The van der Waals surface area contributed by atoms with Crippen LogP contribution in [-0.4, -0.2) is 40.6 Å². The van der Waals surface area contributed by atoms with Gasteiger partial charge in [0.15, 0.2) is 0 Å². The molecule has 0 saturated carbocycles. The van der Waals surface area contributed by atoms with E-state index in [-0.39, 0.29) is 6.03 Å². The fraction of sp³-hybridized carbons (Fsp3) is 0.211. The summed E-state index contributed by atoms with van der Waals surface area (Å²) >= 11 is 0. The molecule has 4 rings (SSSR count). The second-order valence-electron chi connectivity index (χ2n) is 6.11. The van der Waals surface area contributed by atoms with Gasteiger partial charge in [0.2, 0.25) is 0 Å². The third-order valence-electron chi connectivity index (χ3n) is 4.22. The number of hydrogen-bond donors (Lipinski definition) is 1. The van der Waals surface area contributed by atoms with Crippen LogP contribution in [0.3, 0.4) is 0 Å². The van der Waals surface area contributed by atoms with Gasteiger partial charge in [0, 0.05) is 42.9 Å². The number of carbonyl (C=O) groups excluding carboxylic acids is 1. The van der Waals surface area contributed by atoms with Crippen LogP contribution >= 0.6 is 0 Å². The van der Waals surface area contributed by atoms with Crippen LogP contribution in [0, 0.1) is 5.92 Å². The minimum Gasteiger partial charge on any atom is -0.493 e. The van der Waals surface area contributed by atoms with E-state index < -0.39 is 0 Å². The van der Waals surface area contributed by atoms with E-state index in [1.54, 1.807) is 29.6 Å². The topological polar surface area (TPSA) is 67.4 Å². The van der Waals surface area contributed by atoms with E-state index in [9.17, 15) is 4.79 Å². The molecule has 2 aromatic heterocycles. The number of hydrogen-bond acceptors (Lipinski definition) is 4. The summed E-state index contributed by atoms with van der Waals surface area (Å²) in [7, 11) is 0. The lowest BCUT2D eigenvalue weighted by atomic mass is 10.0. The lowest BCUT2D eigenvalue weighted by Crippen LogP contribution is -2.53. The molecule has 0 aliphatic carbocycles. The van der Waals surface area contributed by atoms with Gasteiger partial charge in [0.05, 0.1) is 24.0 Å². The largest absolute Gasteiger partial charge is 0.493 e. The van der Waals surface area contributed by atoms with E-state index in [1.165, 1.54) is 0 Å². The first-order valence-electron chi connectivity index (χ1n) is 8.21. The molecule has 0 unspecified atom stereocenters. The van der Waals surface area contributed by atoms with Gasteiger partial charge in [-0.3, -0.25) is 9.97 Å². The summed E-state index contributed by atoms with van der Waals surface area (Å²) in [6, 6.07) is 13.4.